The Bertz CT molecular complexity index is 550. The molecule has 132 valence electrons. The highest BCUT2D eigenvalue weighted by Gasteiger charge is 2.43. The van der Waals surface area contributed by atoms with Gasteiger partial charge < -0.3 is 14.4 Å². The second kappa shape index (κ2) is 7.62. The van der Waals surface area contributed by atoms with Gasteiger partial charge in [0.2, 0.25) is 5.91 Å². The summed E-state index contributed by atoms with van der Waals surface area (Å²) in [6, 6.07) is 6.19. The first-order valence-electron chi connectivity index (χ1n) is 8.72. The molecule has 0 bridgehead atoms. The molecular formula is C19H26FNO3. The number of carbonyl (C=O) groups is 1. The third-order valence-corrected chi connectivity index (χ3v) is 5.68. The third-order valence-electron chi connectivity index (χ3n) is 5.68. The van der Waals surface area contributed by atoms with Crippen LogP contribution in [0.15, 0.2) is 24.3 Å². The van der Waals surface area contributed by atoms with Crippen LogP contribution in [0, 0.1) is 17.2 Å². The lowest BCUT2D eigenvalue weighted by Crippen LogP contribution is -2.50. The van der Waals surface area contributed by atoms with Crippen molar-refractivity contribution in [1.29, 1.82) is 0 Å². The van der Waals surface area contributed by atoms with Crippen LogP contribution in [0.2, 0.25) is 0 Å². The topological polar surface area (TPSA) is 38.8 Å². The van der Waals surface area contributed by atoms with Gasteiger partial charge in [-0.15, -0.1) is 0 Å². The number of benzene rings is 1. The zero-order chi connectivity index (χ0) is 17.0. The van der Waals surface area contributed by atoms with Gasteiger partial charge >= 0.3 is 0 Å². The number of amides is 1. The fraction of sp³-hybridized carbons (Fsp3) is 0.632. The lowest BCUT2D eigenvalue weighted by molar-refractivity contribution is -0.137. The molecule has 0 N–H and O–H groups in total. The van der Waals surface area contributed by atoms with Crippen molar-refractivity contribution in [2.75, 3.05) is 40.0 Å². The number of halogens is 1. The lowest BCUT2D eigenvalue weighted by Gasteiger charge is -2.48. The van der Waals surface area contributed by atoms with Crippen LogP contribution in [0.3, 0.4) is 0 Å². The molecule has 24 heavy (non-hydrogen) atoms. The van der Waals surface area contributed by atoms with Crippen LogP contribution in [0.4, 0.5) is 4.39 Å². The minimum atomic E-state index is -0.269. The van der Waals surface area contributed by atoms with Crippen molar-refractivity contribution in [2.45, 2.75) is 25.7 Å². The molecule has 2 aliphatic heterocycles. The molecule has 2 heterocycles. The molecule has 2 saturated heterocycles. The number of ether oxygens (including phenoxy) is 2. The minimum Gasteiger partial charge on any atom is -0.384 e. The SMILES string of the molecule is COCC1COCCC12CCN(C(=O)Cc1ccc(F)cc1)CC2. The zero-order valence-corrected chi connectivity index (χ0v) is 14.3. The van der Waals surface area contributed by atoms with Gasteiger partial charge in [0.25, 0.3) is 0 Å². The van der Waals surface area contributed by atoms with E-state index >= 15 is 0 Å². The maximum Gasteiger partial charge on any atom is 0.226 e. The third kappa shape index (κ3) is 3.78. The van der Waals surface area contributed by atoms with Crippen LogP contribution >= 0.6 is 0 Å². The van der Waals surface area contributed by atoms with Gasteiger partial charge in [0, 0.05) is 32.7 Å². The quantitative estimate of drug-likeness (QED) is 0.849. The van der Waals surface area contributed by atoms with Crippen molar-refractivity contribution in [3.05, 3.63) is 35.6 Å². The van der Waals surface area contributed by atoms with E-state index < -0.39 is 0 Å². The predicted octanol–water partition coefficient (Wildman–Crippen LogP) is 2.66. The van der Waals surface area contributed by atoms with Crippen LogP contribution in [-0.4, -0.2) is 50.8 Å². The molecule has 2 fully saturated rings. The maximum atomic E-state index is 13.0. The molecule has 1 atom stereocenters. The average Bonchev–Trinajstić information content (AvgIpc) is 2.60. The second-order valence-electron chi connectivity index (χ2n) is 7.02. The second-order valence-corrected chi connectivity index (χ2v) is 7.02. The summed E-state index contributed by atoms with van der Waals surface area (Å²) in [5.41, 5.74) is 1.12. The van der Waals surface area contributed by atoms with E-state index in [1.54, 1.807) is 19.2 Å². The Morgan fingerprint density at radius 3 is 2.67 bits per heavy atom. The Balaban J connectivity index is 1.57. The van der Waals surface area contributed by atoms with E-state index in [2.05, 4.69) is 0 Å². The van der Waals surface area contributed by atoms with Crippen molar-refractivity contribution >= 4 is 5.91 Å². The predicted molar refractivity (Wildman–Crippen MR) is 89.2 cm³/mol. The Morgan fingerprint density at radius 2 is 2.00 bits per heavy atom. The number of hydrogen-bond donors (Lipinski definition) is 0. The highest BCUT2D eigenvalue weighted by Crippen LogP contribution is 2.44. The maximum absolute atomic E-state index is 13.0. The van der Waals surface area contributed by atoms with Crippen molar-refractivity contribution in [3.8, 4) is 0 Å². The van der Waals surface area contributed by atoms with Gasteiger partial charge in [0.15, 0.2) is 0 Å². The van der Waals surface area contributed by atoms with Gasteiger partial charge in [-0.3, -0.25) is 4.79 Å². The van der Waals surface area contributed by atoms with Crippen molar-refractivity contribution in [3.63, 3.8) is 0 Å². The minimum absolute atomic E-state index is 0.131. The summed E-state index contributed by atoms with van der Waals surface area (Å²) in [7, 11) is 1.74. The zero-order valence-electron chi connectivity index (χ0n) is 14.3. The first-order chi connectivity index (χ1) is 11.6. The van der Waals surface area contributed by atoms with Crippen molar-refractivity contribution in [1.82, 2.24) is 4.90 Å². The van der Waals surface area contributed by atoms with Crippen LogP contribution in [-0.2, 0) is 20.7 Å². The number of methoxy groups -OCH3 is 1. The average molecular weight is 335 g/mol. The molecule has 0 saturated carbocycles. The molecule has 4 nitrogen and oxygen atoms in total. The monoisotopic (exact) mass is 335 g/mol. The normalized spacial score (nSPS) is 23.4. The van der Waals surface area contributed by atoms with Gasteiger partial charge in [0.05, 0.1) is 19.6 Å². The standard InChI is InChI=1S/C19H26FNO3/c1-23-13-16-14-24-11-8-19(16)6-9-21(10-7-19)18(22)12-15-2-4-17(20)5-3-15/h2-5,16H,6-14H2,1H3. The van der Waals surface area contributed by atoms with E-state index in [4.69, 9.17) is 9.47 Å². The Kier molecular flexibility index (Phi) is 5.51. The summed E-state index contributed by atoms with van der Waals surface area (Å²) in [6.45, 7) is 3.88. The highest BCUT2D eigenvalue weighted by atomic mass is 19.1. The molecule has 0 aromatic heterocycles. The Hall–Kier alpha value is -1.46. The van der Waals surface area contributed by atoms with Gasteiger partial charge in [-0.05, 0) is 42.4 Å². The fourth-order valence-corrected chi connectivity index (χ4v) is 4.06. The van der Waals surface area contributed by atoms with E-state index in [-0.39, 0.29) is 17.1 Å². The van der Waals surface area contributed by atoms with E-state index in [0.29, 0.717) is 12.3 Å². The summed E-state index contributed by atoms with van der Waals surface area (Å²) in [6.07, 6.45) is 3.43. The van der Waals surface area contributed by atoms with Crippen LogP contribution in [0.5, 0.6) is 0 Å². The molecule has 1 unspecified atom stereocenters. The molecule has 3 rings (SSSR count). The smallest absolute Gasteiger partial charge is 0.226 e. The fourth-order valence-electron chi connectivity index (χ4n) is 4.06. The van der Waals surface area contributed by atoms with Crippen molar-refractivity contribution < 1.29 is 18.7 Å². The number of piperidine rings is 1. The van der Waals surface area contributed by atoms with E-state index in [1.807, 2.05) is 4.90 Å². The largest absolute Gasteiger partial charge is 0.384 e. The number of likely N-dealkylation sites (tertiary alicyclic amines) is 1. The summed E-state index contributed by atoms with van der Waals surface area (Å²) in [5.74, 6) is 0.284. The Labute approximate surface area is 142 Å². The summed E-state index contributed by atoms with van der Waals surface area (Å²) in [5, 5.41) is 0. The molecule has 5 heteroatoms. The molecule has 1 aromatic carbocycles. The molecule has 1 amide bonds. The van der Waals surface area contributed by atoms with Gasteiger partial charge in [-0.25, -0.2) is 4.39 Å². The van der Waals surface area contributed by atoms with E-state index in [9.17, 15) is 9.18 Å². The van der Waals surface area contributed by atoms with Gasteiger partial charge in [-0.2, -0.15) is 0 Å². The summed E-state index contributed by atoms with van der Waals surface area (Å²) < 4.78 is 24.0. The number of nitrogens with zero attached hydrogens (tertiary/aromatic N) is 1. The van der Waals surface area contributed by atoms with Crippen LogP contribution in [0.25, 0.3) is 0 Å². The molecule has 1 aromatic rings. The summed E-state index contributed by atoms with van der Waals surface area (Å²) >= 11 is 0. The first-order valence-corrected chi connectivity index (χ1v) is 8.72. The number of rotatable bonds is 4. The molecular weight excluding hydrogens is 309 g/mol. The molecule has 2 aliphatic rings. The first kappa shape index (κ1) is 17.4. The number of carbonyl (C=O) groups excluding carboxylic acids is 1. The summed E-state index contributed by atoms with van der Waals surface area (Å²) in [4.78, 5) is 14.5. The van der Waals surface area contributed by atoms with E-state index in [0.717, 1.165) is 57.7 Å². The van der Waals surface area contributed by atoms with Crippen LogP contribution < -0.4 is 0 Å². The molecule has 0 aliphatic carbocycles. The van der Waals surface area contributed by atoms with E-state index in [1.165, 1.54) is 12.1 Å². The van der Waals surface area contributed by atoms with Gasteiger partial charge in [-0.1, -0.05) is 12.1 Å². The van der Waals surface area contributed by atoms with Crippen molar-refractivity contribution in [2.24, 2.45) is 11.3 Å². The highest BCUT2D eigenvalue weighted by molar-refractivity contribution is 5.78. The Morgan fingerprint density at radius 1 is 1.29 bits per heavy atom. The molecule has 0 radical (unpaired) electrons. The number of hydrogen-bond acceptors (Lipinski definition) is 3. The lowest BCUT2D eigenvalue weighted by atomic mass is 9.66. The molecule has 1 spiro atoms. The van der Waals surface area contributed by atoms with Gasteiger partial charge in [0.1, 0.15) is 5.82 Å². The van der Waals surface area contributed by atoms with Crippen LogP contribution in [0.1, 0.15) is 24.8 Å².